The molecule has 1 aromatic heterocycles. The number of halogens is 1. The number of likely N-dealkylation sites (N-methyl/N-ethyl adjacent to an activating group) is 1. The van der Waals surface area contributed by atoms with Gasteiger partial charge >= 0.3 is 6.01 Å². The fourth-order valence-corrected chi connectivity index (χ4v) is 6.63. The van der Waals surface area contributed by atoms with Crippen LogP contribution in [0.4, 0.5) is 11.5 Å². The van der Waals surface area contributed by atoms with E-state index < -0.39 is 0 Å². The molecule has 41 heavy (non-hydrogen) atoms. The molecule has 0 spiro atoms. The van der Waals surface area contributed by atoms with Crippen LogP contribution in [-0.2, 0) is 17.9 Å². The van der Waals surface area contributed by atoms with Crippen molar-refractivity contribution in [2.45, 2.75) is 44.4 Å². The van der Waals surface area contributed by atoms with Gasteiger partial charge in [0.25, 0.3) is 0 Å². The van der Waals surface area contributed by atoms with Gasteiger partial charge in [0.15, 0.2) is 0 Å². The third-order valence-electron chi connectivity index (χ3n) is 8.56. The Morgan fingerprint density at radius 2 is 1.98 bits per heavy atom. The van der Waals surface area contributed by atoms with E-state index in [-0.39, 0.29) is 18.4 Å². The quantitative estimate of drug-likeness (QED) is 0.386. The molecule has 1 amide bonds. The second-order valence-corrected chi connectivity index (χ2v) is 11.4. The summed E-state index contributed by atoms with van der Waals surface area (Å²) in [5.41, 5.74) is 3.02. The number of fused-ring (bicyclic) bond motifs is 2. The smallest absolute Gasteiger partial charge is 0.318 e. The Labute approximate surface area is 245 Å². The molecule has 2 atom stereocenters. The molecule has 0 saturated carbocycles. The fraction of sp³-hybridized carbons (Fsp3) is 0.419. The summed E-state index contributed by atoms with van der Waals surface area (Å²) in [6.07, 6.45) is 3.82. The number of amides is 1. The van der Waals surface area contributed by atoms with Crippen LogP contribution in [0.15, 0.2) is 49.1 Å². The molecule has 6 rings (SSSR count). The minimum atomic E-state index is -0.254. The highest BCUT2D eigenvalue weighted by atomic mass is 35.5. The predicted molar refractivity (Wildman–Crippen MR) is 160 cm³/mol. The Morgan fingerprint density at radius 1 is 1.15 bits per heavy atom. The maximum Gasteiger partial charge on any atom is 0.318 e. The lowest BCUT2D eigenvalue weighted by molar-refractivity contribution is -0.128. The molecule has 0 bridgehead atoms. The largest absolute Gasteiger partial charge is 0.462 e. The van der Waals surface area contributed by atoms with E-state index in [0.29, 0.717) is 56.4 Å². The number of nitrogens with zero attached hydrogens (tertiary/aromatic N) is 7. The molecule has 3 aromatic rings. The van der Waals surface area contributed by atoms with E-state index in [0.717, 1.165) is 52.9 Å². The van der Waals surface area contributed by atoms with Gasteiger partial charge in [-0.3, -0.25) is 4.79 Å². The number of nitriles is 1. The van der Waals surface area contributed by atoms with Crippen LogP contribution in [0.5, 0.6) is 6.01 Å². The highest BCUT2D eigenvalue weighted by molar-refractivity contribution is 6.36. The average Bonchev–Trinajstić information content (AvgIpc) is 3.61. The molecule has 3 aliphatic rings. The van der Waals surface area contributed by atoms with Crippen molar-refractivity contribution in [3.05, 3.63) is 65.3 Å². The van der Waals surface area contributed by atoms with Crippen molar-refractivity contribution in [2.75, 3.05) is 49.6 Å². The number of rotatable bonds is 7. The van der Waals surface area contributed by atoms with Crippen molar-refractivity contribution in [3.63, 3.8) is 0 Å². The highest BCUT2D eigenvalue weighted by Gasteiger charge is 2.35. The molecule has 2 aromatic carbocycles. The van der Waals surface area contributed by atoms with Crippen molar-refractivity contribution in [1.82, 2.24) is 19.8 Å². The van der Waals surface area contributed by atoms with Crippen molar-refractivity contribution in [2.24, 2.45) is 0 Å². The Hall–Kier alpha value is -3.87. The molecule has 2 unspecified atom stereocenters. The van der Waals surface area contributed by atoms with Crippen LogP contribution in [0, 0.1) is 11.3 Å². The Balaban J connectivity index is 1.34. The van der Waals surface area contributed by atoms with E-state index in [9.17, 15) is 10.1 Å². The lowest BCUT2D eigenvalue weighted by Gasteiger charge is -2.41. The first-order chi connectivity index (χ1) is 20.0. The van der Waals surface area contributed by atoms with Crippen molar-refractivity contribution < 1.29 is 9.53 Å². The summed E-state index contributed by atoms with van der Waals surface area (Å²) < 4.78 is 6.24. The van der Waals surface area contributed by atoms with Crippen LogP contribution in [0.2, 0.25) is 5.02 Å². The second kappa shape index (κ2) is 11.6. The van der Waals surface area contributed by atoms with Crippen LogP contribution in [0.3, 0.4) is 0 Å². The molecule has 2 fully saturated rings. The minimum absolute atomic E-state index is 0.151. The molecule has 10 heteroatoms. The fourth-order valence-electron chi connectivity index (χ4n) is 6.35. The summed E-state index contributed by atoms with van der Waals surface area (Å²) in [5.74, 6) is 0.661. The first-order valence-electron chi connectivity index (χ1n) is 14.2. The number of piperazine rings is 1. The zero-order valence-corrected chi connectivity index (χ0v) is 24.1. The van der Waals surface area contributed by atoms with Crippen molar-refractivity contribution in [1.29, 1.82) is 5.26 Å². The Kier molecular flexibility index (Phi) is 7.69. The van der Waals surface area contributed by atoms with Crippen molar-refractivity contribution in [3.8, 4) is 12.1 Å². The van der Waals surface area contributed by atoms with Gasteiger partial charge in [0.1, 0.15) is 12.4 Å². The normalized spacial score (nSPS) is 20.8. The lowest BCUT2D eigenvalue weighted by Crippen LogP contribution is -2.55. The second-order valence-electron chi connectivity index (χ2n) is 11.0. The summed E-state index contributed by atoms with van der Waals surface area (Å²) in [6.45, 7) is 8.06. The molecule has 3 aliphatic heterocycles. The third-order valence-corrected chi connectivity index (χ3v) is 8.87. The van der Waals surface area contributed by atoms with Gasteiger partial charge in [0.2, 0.25) is 5.91 Å². The summed E-state index contributed by atoms with van der Waals surface area (Å²) >= 11 is 6.69. The number of ether oxygens (including phenoxy) is 1. The van der Waals surface area contributed by atoms with Gasteiger partial charge in [-0.15, -0.1) is 0 Å². The third kappa shape index (κ3) is 5.30. The van der Waals surface area contributed by atoms with Crippen LogP contribution < -0.4 is 14.5 Å². The molecule has 0 N–H and O–H groups in total. The van der Waals surface area contributed by atoms with Crippen LogP contribution in [-0.4, -0.2) is 77.6 Å². The van der Waals surface area contributed by atoms with Gasteiger partial charge in [0.05, 0.1) is 35.8 Å². The van der Waals surface area contributed by atoms with Gasteiger partial charge in [0, 0.05) is 48.9 Å². The van der Waals surface area contributed by atoms with E-state index in [2.05, 4.69) is 58.7 Å². The zero-order chi connectivity index (χ0) is 28.5. The Bertz CT molecular complexity index is 1520. The summed E-state index contributed by atoms with van der Waals surface area (Å²) in [7, 11) is 2.13. The maximum atomic E-state index is 12.5. The van der Waals surface area contributed by atoms with E-state index in [1.54, 1.807) is 4.90 Å². The molecular formula is C31H34ClN7O2. The van der Waals surface area contributed by atoms with E-state index in [1.165, 1.54) is 6.08 Å². The first-order valence-corrected chi connectivity index (χ1v) is 14.5. The molecule has 0 radical (unpaired) electrons. The van der Waals surface area contributed by atoms with Crippen LogP contribution in [0.25, 0.3) is 10.8 Å². The van der Waals surface area contributed by atoms with Gasteiger partial charge in [-0.25, -0.2) is 0 Å². The molecular weight excluding hydrogens is 538 g/mol. The maximum absolute atomic E-state index is 12.5. The van der Waals surface area contributed by atoms with E-state index >= 15 is 0 Å². The Morgan fingerprint density at radius 3 is 2.73 bits per heavy atom. The number of likely N-dealkylation sites (tertiary alicyclic amines) is 1. The zero-order valence-electron chi connectivity index (χ0n) is 23.3. The lowest BCUT2D eigenvalue weighted by atomic mass is 10.1. The number of carbonyl (C=O) groups excluding carboxylic acids is 1. The molecule has 2 saturated heterocycles. The van der Waals surface area contributed by atoms with Gasteiger partial charge in [-0.1, -0.05) is 42.4 Å². The summed E-state index contributed by atoms with van der Waals surface area (Å²) in [6, 6.07) is 14.9. The average molecular weight is 572 g/mol. The standard InChI is InChI=1S/C31H34ClN7O2/c1-3-28(40)39-16-15-37(17-22(39)12-13-33)30-24-18-38(27-11-5-8-21-7-4-10-25(32)29(21)27)19-26(24)34-31(35-30)41-20-23-9-6-14-36(23)2/h3-5,7-8,10-11,22-23H,1,6,9,12,14-20H2,2H3. The summed E-state index contributed by atoms with van der Waals surface area (Å²) in [5, 5.41) is 12.3. The molecule has 4 heterocycles. The van der Waals surface area contributed by atoms with Crippen molar-refractivity contribution >= 4 is 39.8 Å². The molecule has 0 aliphatic carbocycles. The predicted octanol–water partition coefficient (Wildman–Crippen LogP) is 4.39. The van der Waals surface area contributed by atoms with Crippen LogP contribution in [0.1, 0.15) is 30.5 Å². The van der Waals surface area contributed by atoms with Crippen LogP contribution >= 0.6 is 11.6 Å². The minimum Gasteiger partial charge on any atom is -0.462 e. The SMILES string of the molecule is C=CC(=O)N1CCN(c2nc(OCC3CCCN3C)nc3c2CN(c2cccc4cccc(Cl)c24)C3)CC1CC#N. The van der Waals surface area contributed by atoms with E-state index in [1.807, 2.05) is 12.1 Å². The van der Waals surface area contributed by atoms with Gasteiger partial charge < -0.3 is 24.3 Å². The first kappa shape index (κ1) is 27.3. The summed E-state index contributed by atoms with van der Waals surface area (Å²) in [4.78, 5) is 30.9. The monoisotopic (exact) mass is 571 g/mol. The molecule has 212 valence electrons. The number of anilines is 2. The number of hydrogen-bond acceptors (Lipinski definition) is 8. The van der Waals surface area contributed by atoms with Gasteiger partial charge in [-0.05, 0) is 50.0 Å². The number of benzene rings is 2. The number of aromatic nitrogens is 2. The number of carbonyl (C=O) groups is 1. The van der Waals surface area contributed by atoms with Gasteiger partial charge in [-0.2, -0.15) is 15.2 Å². The van der Waals surface area contributed by atoms with E-state index in [4.69, 9.17) is 26.3 Å². The topological polar surface area (TPSA) is 88.8 Å². The molecule has 9 nitrogen and oxygen atoms in total. The highest BCUT2D eigenvalue weighted by Crippen LogP contribution is 2.39. The number of hydrogen-bond donors (Lipinski definition) is 0.